The van der Waals surface area contributed by atoms with Crippen LogP contribution in [-0.2, 0) is 10.0 Å². The van der Waals surface area contributed by atoms with Crippen LogP contribution in [0, 0.1) is 13.8 Å². The molecule has 0 aliphatic heterocycles. The molecule has 0 saturated carbocycles. The van der Waals surface area contributed by atoms with Gasteiger partial charge in [-0.15, -0.1) is 13.2 Å². The molecule has 2 heterocycles. The minimum absolute atomic E-state index is 0.0195. The van der Waals surface area contributed by atoms with Crippen LogP contribution in [0.2, 0.25) is 0 Å². The third kappa shape index (κ3) is 5.92. The molecule has 0 saturated heterocycles. The molecule has 0 radical (unpaired) electrons. The van der Waals surface area contributed by atoms with Crippen LogP contribution in [0.5, 0.6) is 5.75 Å². The Morgan fingerprint density at radius 3 is 2.39 bits per heavy atom. The quantitative estimate of drug-likeness (QED) is 0.501. The van der Waals surface area contributed by atoms with E-state index in [1.165, 1.54) is 6.33 Å². The van der Waals surface area contributed by atoms with Crippen molar-refractivity contribution in [2.45, 2.75) is 25.1 Å². The summed E-state index contributed by atoms with van der Waals surface area (Å²) in [6.45, 7) is 4.03. The van der Waals surface area contributed by atoms with E-state index in [2.05, 4.69) is 29.7 Å². The predicted octanol–water partition coefficient (Wildman–Crippen LogP) is 2.57. The van der Waals surface area contributed by atoms with E-state index in [0.29, 0.717) is 11.6 Å². The molecule has 31 heavy (non-hydrogen) atoms. The number of sulfonamides is 1. The number of anilines is 1. The summed E-state index contributed by atoms with van der Waals surface area (Å²) in [4.78, 5) is 12.3. The maximum atomic E-state index is 12.3. The zero-order valence-electron chi connectivity index (χ0n) is 16.5. The van der Waals surface area contributed by atoms with Crippen molar-refractivity contribution >= 4 is 15.8 Å². The first kappa shape index (κ1) is 22.5. The minimum atomic E-state index is -4.85. The van der Waals surface area contributed by atoms with Gasteiger partial charge in [-0.05, 0) is 38.1 Å². The number of alkyl halides is 3. The average molecular weight is 456 g/mol. The molecule has 0 aliphatic rings. The van der Waals surface area contributed by atoms with Crippen molar-refractivity contribution in [2.75, 3.05) is 18.4 Å². The molecule has 0 bridgehead atoms. The van der Waals surface area contributed by atoms with Gasteiger partial charge in [-0.2, -0.15) is 0 Å². The molecular formula is C18H19F3N6O3S. The fourth-order valence-corrected chi connectivity index (χ4v) is 3.62. The van der Waals surface area contributed by atoms with E-state index < -0.39 is 22.1 Å². The Labute approximate surface area is 176 Å². The van der Waals surface area contributed by atoms with Crippen LogP contribution in [0.25, 0.3) is 5.82 Å². The van der Waals surface area contributed by atoms with Crippen LogP contribution in [0.15, 0.2) is 47.9 Å². The molecule has 3 rings (SSSR count). The molecule has 3 aromatic rings. The lowest BCUT2D eigenvalue weighted by Gasteiger charge is -2.11. The van der Waals surface area contributed by atoms with Crippen LogP contribution in [-0.4, -0.2) is 47.4 Å². The van der Waals surface area contributed by atoms with Gasteiger partial charge in [-0.1, -0.05) is 0 Å². The zero-order valence-corrected chi connectivity index (χ0v) is 17.3. The molecule has 9 nitrogen and oxygen atoms in total. The summed E-state index contributed by atoms with van der Waals surface area (Å²) in [5.74, 6) is 0.594. The summed E-state index contributed by atoms with van der Waals surface area (Å²) < 4.78 is 69.0. The van der Waals surface area contributed by atoms with E-state index in [1.807, 2.05) is 13.8 Å². The number of aryl methyl sites for hydroxylation is 1. The fourth-order valence-electron chi connectivity index (χ4n) is 2.58. The van der Waals surface area contributed by atoms with Gasteiger partial charge in [0.15, 0.2) is 0 Å². The number of ether oxygens (including phenoxy) is 1. The van der Waals surface area contributed by atoms with Crippen LogP contribution < -0.4 is 14.8 Å². The normalized spacial score (nSPS) is 12.0. The highest BCUT2D eigenvalue weighted by molar-refractivity contribution is 7.89. The zero-order chi connectivity index (χ0) is 22.6. The highest BCUT2D eigenvalue weighted by atomic mass is 32.2. The lowest BCUT2D eigenvalue weighted by molar-refractivity contribution is -0.274. The van der Waals surface area contributed by atoms with Crippen LogP contribution in [0.3, 0.4) is 0 Å². The van der Waals surface area contributed by atoms with Crippen molar-refractivity contribution in [3.8, 4) is 11.6 Å². The van der Waals surface area contributed by atoms with Crippen molar-refractivity contribution in [2.24, 2.45) is 0 Å². The van der Waals surface area contributed by atoms with Crippen molar-refractivity contribution in [3.63, 3.8) is 0 Å². The second-order valence-electron chi connectivity index (χ2n) is 6.39. The number of nitrogens with one attached hydrogen (secondary N) is 2. The highest BCUT2D eigenvalue weighted by Crippen LogP contribution is 2.23. The van der Waals surface area contributed by atoms with Crippen molar-refractivity contribution in [1.82, 2.24) is 24.2 Å². The average Bonchev–Trinajstić information content (AvgIpc) is 3.03. The van der Waals surface area contributed by atoms with Crippen molar-refractivity contribution < 1.29 is 26.3 Å². The maximum absolute atomic E-state index is 12.3. The molecule has 13 heteroatoms. The van der Waals surface area contributed by atoms with Crippen LogP contribution >= 0.6 is 0 Å². The molecule has 2 aromatic heterocycles. The number of nitrogens with zero attached hydrogens (tertiary/aromatic N) is 4. The summed E-state index contributed by atoms with van der Waals surface area (Å²) in [7, 11) is -3.90. The molecule has 0 fully saturated rings. The summed E-state index contributed by atoms with van der Waals surface area (Å²) in [6.07, 6.45) is -1.82. The molecule has 0 unspecified atom stereocenters. The second-order valence-corrected chi connectivity index (χ2v) is 8.16. The molecule has 1 aromatic carbocycles. The van der Waals surface area contributed by atoms with E-state index in [4.69, 9.17) is 0 Å². The third-order valence-electron chi connectivity index (χ3n) is 4.24. The Morgan fingerprint density at radius 2 is 1.77 bits per heavy atom. The topological polar surface area (TPSA) is 111 Å². The van der Waals surface area contributed by atoms with Crippen molar-refractivity contribution in [3.05, 3.63) is 54.4 Å². The van der Waals surface area contributed by atoms with Gasteiger partial charge >= 0.3 is 6.36 Å². The first-order valence-electron chi connectivity index (χ1n) is 8.97. The van der Waals surface area contributed by atoms with E-state index >= 15 is 0 Å². The third-order valence-corrected chi connectivity index (χ3v) is 5.72. The lowest BCUT2D eigenvalue weighted by atomic mass is 10.3. The number of benzene rings is 1. The largest absolute Gasteiger partial charge is 0.573 e. The van der Waals surface area contributed by atoms with Crippen LogP contribution in [0.1, 0.15) is 11.4 Å². The number of hydrogen-bond donors (Lipinski definition) is 2. The number of imidazole rings is 1. The monoisotopic (exact) mass is 456 g/mol. The SMILES string of the molecule is Cc1ncn(-c2cc(NCCNS(=O)(=O)c3ccc(OC(F)(F)F)cc3)ncn2)c1C. The van der Waals surface area contributed by atoms with Gasteiger partial charge < -0.3 is 10.1 Å². The van der Waals surface area contributed by atoms with Gasteiger partial charge in [0.05, 0.1) is 10.6 Å². The van der Waals surface area contributed by atoms with Gasteiger partial charge in [-0.3, -0.25) is 4.57 Å². The molecular weight excluding hydrogens is 437 g/mol. The Hall–Kier alpha value is -3.19. The van der Waals surface area contributed by atoms with E-state index in [1.54, 1.807) is 17.0 Å². The Kier molecular flexibility index (Phi) is 6.45. The molecule has 0 amide bonds. The van der Waals surface area contributed by atoms with Gasteiger partial charge in [0.2, 0.25) is 10.0 Å². The van der Waals surface area contributed by atoms with E-state index in [9.17, 15) is 21.6 Å². The number of aromatic nitrogens is 4. The highest BCUT2D eigenvalue weighted by Gasteiger charge is 2.31. The van der Waals surface area contributed by atoms with E-state index in [0.717, 1.165) is 35.7 Å². The van der Waals surface area contributed by atoms with Crippen LogP contribution in [0.4, 0.5) is 19.0 Å². The molecule has 2 N–H and O–H groups in total. The van der Waals surface area contributed by atoms with Gasteiger partial charge in [0.1, 0.15) is 30.0 Å². The molecule has 0 spiro atoms. The molecule has 0 atom stereocenters. The van der Waals surface area contributed by atoms with Gasteiger partial charge in [0.25, 0.3) is 0 Å². The molecule has 0 aliphatic carbocycles. The second kappa shape index (κ2) is 8.89. The Balaban J connectivity index is 1.55. The number of halogens is 3. The molecule has 166 valence electrons. The number of hydrogen-bond acceptors (Lipinski definition) is 7. The fraction of sp³-hybridized carbons (Fsp3) is 0.278. The van der Waals surface area contributed by atoms with Gasteiger partial charge in [0, 0.05) is 24.8 Å². The summed E-state index contributed by atoms with van der Waals surface area (Å²) >= 11 is 0. The maximum Gasteiger partial charge on any atom is 0.573 e. The van der Waals surface area contributed by atoms with E-state index in [-0.39, 0.29) is 18.0 Å². The van der Waals surface area contributed by atoms with Gasteiger partial charge in [-0.25, -0.2) is 28.1 Å². The summed E-state index contributed by atoms with van der Waals surface area (Å²) in [5, 5.41) is 2.98. The Morgan fingerprint density at radius 1 is 1.06 bits per heavy atom. The van der Waals surface area contributed by atoms with Crippen molar-refractivity contribution in [1.29, 1.82) is 0 Å². The standard InChI is InChI=1S/C18H19F3N6O3S/c1-12-13(2)27(11-25-12)17-9-16(23-10-24-17)22-7-8-26-31(28,29)15-5-3-14(4-6-15)30-18(19,20)21/h3-6,9-11,26H,7-8H2,1-2H3,(H,22,23,24). The minimum Gasteiger partial charge on any atom is -0.406 e. The lowest BCUT2D eigenvalue weighted by Crippen LogP contribution is -2.29. The smallest absolute Gasteiger partial charge is 0.406 e. The summed E-state index contributed by atoms with van der Waals surface area (Å²) in [5.41, 5.74) is 1.81. The summed E-state index contributed by atoms with van der Waals surface area (Å²) in [6, 6.07) is 5.62. The predicted molar refractivity (Wildman–Crippen MR) is 105 cm³/mol. The first-order chi connectivity index (χ1) is 14.5. The first-order valence-corrected chi connectivity index (χ1v) is 10.5. The number of rotatable bonds is 8. The Bertz CT molecular complexity index is 1150.